The molecule has 0 aliphatic carbocycles. The molecule has 0 fully saturated rings. The molecule has 3 unspecified atom stereocenters. The molecule has 0 heterocycles. The quantitative estimate of drug-likeness (QED) is 0.0288. The Bertz CT molecular complexity index is 892. The molecule has 302 valence electrons. The van der Waals surface area contributed by atoms with Crippen molar-refractivity contribution < 1.29 is 20.1 Å². The molecule has 0 aliphatic rings. The number of aliphatic hydroxyl groups excluding tert-OH is 3. The first-order valence-electron chi connectivity index (χ1n) is 22.1. The molecule has 4 N–H and O–H groups in total. The van der Waals surface area contributed by atoms with Gasteiger partial charge in [0.05, 0.1) is 31.3 Å². The van der Waals surface area contributed by atoms with E-state index < -0.39 is 18.2 Å². The summed E-state index contributed by atoms with van der Waals surface area (Å²) in [6, 6.07) is -0.772. The van der Waals surface area contributed by atoms with Crippen LogP contribution in [0.3, 0.4) is 0 Å². The van der Waals surface area contributed by atoms with E-state index in [2.05, 4.69) is 67.8 Å². The van der Waals surface area contributed by atoms with Crippen molar-refractivity contribution in [2.75, 3.05) is 6.61 Å². The van der Waals surface area contributed by atoms with E-state index in [4.69, 9.17) is 0 Å². The third-order valence-corrected chi connectivity index (χ3v) is 9.78. The monoisotopic (exact) mass is 728 g/mol. The molecule has 0 bridgehead atoms. The van der Waals surface area contributed by atoms with Gasteiger partial charge in [0.15, 0.2) is 0 Å². The van der Waals surface area contributed by atoms with Crippen molar-refractivity contribution >= 4 is 5.91 Å². The topological polar surface area (TPSA) is 89.8 Å². The third-order valence-electron chi connectivity index (χ3n) is 9.78. The number of allylic oxidation sites excluding steroid dienone is 9. The van der Waals surface area contributed by atoms with Gasteiger partial charge < -0.3 is 20.6 Å². The Morgan fingerprint density at radius 2 is 0.885 bits per heavy atom. The number of carbonyl (C=O) groups excluding carboxylic acids is 1. The Morgan fingerprint density at radius 3 is 1.38 bits per heavy atom. The van der Waals surface area contributed by atoms with Crippen molar-refractivity contribution in [3.63, 3.8) is 0 Å². The van der Waals surface area contributed by atoms with Crippen LogP contribution in [0.1, 0.15) is 206 Å². The molecule has 0 aromatic carbocycles. The summed E-state index contributed by atoms with van der Waals surface area (Å²) in [4.78, 5) is 12.4. The molecule has 5 heteroatoms. The van der Waals surface area contributed by atoms with Gasteiger partial charge in [-0.2, -0.15) is 0 Å². The van der Waals surface area contributed by atoms with Crippen molar-refractivity contribution in [3.8, 4) is 0 Å². The van der Waals surface area contributed by atoms with E-state index in [9.17, 15) is 20.1 Å². The Balaban J connectivity index is 3.77. The van der Waals surface area contributed by atoms with Crippen LogP contribution in [0.15, 0.2) is 60.8 Å². The first-order chi connectivity index (χ1) is 25.5. The standard InChI is InChI=1S/C47H85NO4/c1-3-5-7-9-11-13-15-17-19-21-22-23-25-27-29-31-33-35-37-39-41-46(51)45(43-49)48-47(52)42-44(50)40-38-36-34-32-30-28-26-24-20-18-16-14-12-10-8-6-4-2/h12,14,16,18,23,25,31,33,39,41,44-46,49-51H,3-11,13,15,17,19-22,24,26-30,32,34-38,40,42-43H2,1-2H3,(H,48,52)/b14-12-,18-16-,25-23+,33-31+,41-39+. The minimum Gasteiger partial charge on any atom is -0.394 e. The lowest BCUT2D eigenvalue weighted by Gasteiger charge is -2.21. The normalized spacial score (nSPS) is 14.2. The number of nitrogens with one attached hydrogen (secondary N) is 1. The molecule has 3 atom stereocenters. The van der Waals surface area contributed by atoms with Gasteiger partial charge in [-0.1, -0.05) is 190 Å². The minimum atomic E-state index is -0.963. The maximum atomic E-state index is 12.4. The SMILES string of the molecule is CCCCC/C=C\C=C/CCCCCCCCCCC(O)CC(=O)NC(CO)C(O)/C=C/CC/C=C/CC/C=C/CCCCCCCCCCCC. The van der Waals surface area contributed by atoms with Crippen molar-refractivity contribution in [1.29, 1.82) is 0 Å². The van der Waals surface area contributed by atoms with Crippen LogP contribution < -0.4 is 5.32 Å². The smallest absolute Gasteiger partial charge is 0.222 e. The molecule has 0 rings (SSSR count). The highest BCUT2D eigenvalue weighted by Crippen LogP contribution is 2.14. The van der Waals surface area contributed by atoms with Crippen LogP contribution in [0.2, 0.25) is 0 Å². The number of hydrogen-bond acceptors (Lipinski definition) is 4. The summed E-state index contributed by atoms with van der Waals surface area (Å²) in [5, 5.41) is 33.2. The first kappa shape index (κ1) is 50.1. The van der Waals surface area contributed by atoms with E-state index in [1.165, 1.54) is 135 Å². The van der Waals surface area contributed by atoms with E-state index in [1.54, 1.807) is 6.08 Å². The predicted molar refractivity (Wildman–Crippen MR) is 227 cm³/mol. The molecular weight excluding hydrogens is 643 g/mol. The lowest BCUT2D eigenvalue weighted by atomic mass is 10.0. The highest BCUT2D eigenvalue weighted by molar-refractivity contribution is 5.76. The largest absolute Gasteiger partial charge is 0.394 e. The zero-order valence-electron chi connectivity index (χ0n) is 34.2. The van der Waals surface area contributed by atoms with Gasteiger partial charge >= 0.3 is 0 Å². The number of amides is 1. The predicted octanol–water partition coefficient (Wildman–Crippen LogP) is 12.7. The average molecular weight is 728 g/mol. The fraction of sp³-hybridized carbons (Fsp3) is 0.766. The van der Waals surface area contributed by atoms with Gasteiger partial charge in [-0.15, -0.1) is 0 Å². The number of rotatable bonds is 39. The average Bonchev–Trinajstić information content (AvgIpc) is 3.14. The van der Waals surface area contributed by atoms with Gasteiger partial charge in [-0.3, -0.25) is 4.79 Å². The highest BCUT2D eigenvalue weighted by atomic mass is 16.3. The van der Waals surface area contributed by atoms with Crippen LogP contribution in [0, 0.1) is 0 Å². The summed E-state index contributed by atoms with van der Waals surface area (Å²) in [6.07, 6.45) is 55.0. The van der Waals surface area contributed by atoms with E-state index >= 15 is 0 Å². The molecule has 0 radical (unpaired) electrons. The number of carbonyl (C=O) groups is 1. The number of unbranched alkanes of at least 4 members (excludes halogenated alkanes) is 23. The summed E-state index contributed by atoms with van der Waals surface area (Å²) in [6.45, 7) is 4.16. The van der Waals surface area contributed by atoms with Crippen LogP contribution >= 0.6 is 0 Å². The van der Waals surface area contributed by atoms with E-state index in [0.717, 1.165) is 44.9 Å². The van der Waals surface area contributed by atoms with Crippen molar-refractivity contribution in [3.05, 3.63) is 60.8 Å². The summed E-state index contributed by atoms with van der Waals surface area (Å²) in [7, 11) is 0. The molecule has 0 saturated carbocycles. The Morgan fingerprint density at radius 1 is 0.500 bits per heavy atom. The molecule has 52 heavy (non-hydrogen) atoms. The van der Waals surface area contributed by atoms with Gasteiger partial charge in [-0.25, -0.2) is 0 Å². The van der Waals surface area contributed by atoms with Gasteiger partial charge in [0.2, 0.25) is 5.91 Å². The Labute approximate surface area is 322 Å². The van der Waals surface area contributed by atoms with Crippen LogP contribution in [0.25, 0.3) is 0 Å². The molecule has 1 amide bonds. The van der Waals surface area contributed by atoms with Crippen molar-refractivity contribution in [2.45, 2.75) is 225 Å². The van der Waals surface area contributed by atoms with E-state index in [-0.39, 0.29) is 18.9 Å². The summed E-state index contributed by atoms with van der Waals surface area (Å²) >= 11 is 0. The lowest BCUT2D eigenvalue weighted by Crippen LogP contribution is -2.45. The fourth-order valence-electron chi connectivity index (χ4n) is 6.36. The molecule has 5 nitrogen and oxygen atoms in total. The van der Waals surface area contributed by atoms with Crippen LogP contribution in [0.4, 0.5) is 0 Å². The molecule has 0 spiro atoms. The highest BCUT2D eigenvalue weighted by Gasteiger charge is 2.20. The number of hydrogen-bond donors (Lipinski definition) is 4. The summed E-state index contributed by atoms with van der Waals surface area (Å²) in [5.74, 6) is -0.336. The molecule has 0 aromatic heterocycles. The Hall–Kier alpha value is -1.95. The second kappa shape index (κ2) is 41.8. The van der Waals surface area contributed by atoms with Crippen molar-refractivity contribution in [2.24, 2.45) is 0 Å². The van der Waals surface area contributed by atoms with Gasteiger partial charge in [0.25, 0.3) is 0 Å². The molecule has 0 aromatic rings. The van der Waals surface area contributed by atoms with E-state index in [1.807, 2.05) is 6.08 Å². The summed E-state index contributed by atoms with van der Waals surface area (Å²) in [5.41, 5.74) is 0. The Kier molecular flexibility index (Phi) is 40.2. The molecule has 0 aliphatic heterocycles. The molecule has 0 saturated heterocycles. The first-order valence-corrected chi connectivity index (χ1v) is 22.1. The molecular formula is C47H85NO4. The van der Waals surface area contributed by atoms with E-state index in [0.29, 0.717) is 6.42 Å². The van der Waals surface area contributed by atoms with Crippen LogP contribution in [0.5, 0.6) is 0 Å². The van der Waals surface area contributed by atoms with Crippen molar-refractivity contribution in [1.82, 2.24) is 5.32 Å². The fourth-order valence-corrected chi connectivity index (χ4v) is 6.36. The number of aliphatic hydroxyl groups is 3. The van der Waals surface area contributed by atoms with Gasteiger partial charge in [0.1, 0.15) is 0 Å². The van der Waals surface area contributed by atoms with Crippen LogP contribution in [-0.2, 0) is 4.79 Å². The maximum Gasteiger partial charge on any atom is 0.222 e. The minimum absolute atomic E-state index is 0.00464. The zero-order valence-corrected chi connectivity index (χ0v) is 34.2. The zero-order chi connectivity index (χ0) is 38.0. The summed E-state index contributed by atoms with van der Waals surface area (Å²) < 4.78 is 0. The lowest BCUT2D eigenvalue weighted by molar-refractivity contribution is -0.124. The third kappa shape index (κ3) is 37.8. The van der Waals surface area contributed by atoms with Crippen LogP contribution in [-0.4, -0.2) is 46.1 Å². The van der Waals surface area contributed by atoms with Gasteiger partial charge in [0, 0.05) is 0 Å². The second-order valence-corrected chi connectivity index (χ2v) is 15.0. The second-order valence-electron chi connectivity index (χ2n) is 15.0. The van der Waals surface area contributed by atoms with Gasteiger partial charge in [-0.05, 0) is 70.6 Å². The maximum absolute atomic E-state index is 12.4.